The Morgan fingerprint density at radius 2 is 2.11 bits per heavy atom. The van der Waals surface area contributed by atoms with E-state index in [-0.39, 0.29) is 10.9 Å². The van der Waals surface area contributed by atoms with Crippen LogP contribution in [0.3, 0.4) is 0 Å². The number of hydrogen-bond donors (Lipinski definition) is 2. The number of carbonyl (C=O) groups is 1. The summed E-state index contributed by atoms with van der Waals surface area (Å²) in [7, 11) is 0. The Morgan fingerprint density at radius 1 is 1.39 bits per heavy atom. The lowest BCUT2D eigenvalue weighted by Crippen LogP contribution is -2.14. The summed E-state index contributed by atoms with van der Waals surface area (Å²) in [6.07, 6.45) is -2.35. The lowest BCUT2D eigenvalue weighted by molar-refractivity contribution is -0.138. The van der Waals surface area contributed by atoms with Gasteiger partial charge in [-0.25, -0.2) is 13.2 Å². The highest BCUT2D eigenvalue weighted by molar-refractivity contribution is 5.85. The van der Waals surface area contributed by atoms with Crippen LogP contribution in [0.25, 0.3) is 10.9 Å². The summed E-state index contributed by atoms with van der Waals surface area (Å²) in [5, 5.41) is 8.67. The Hall–Kier alpha value is -1.98. The monoisotopic (exact) mass is 257 g/mol. The molecular formula is C12H10F3NO2. The van der Waals surface area contributed by atoms with E-state index in [0.29, 0.717) is 5.52 Å². The summed E-state index contributed by atoms with van der Waals surface area (Å²) in [5.74, 6) is -3.50. The van der Waals surface area contributed by atoms with Gasteiger partial charge in [-0.15, -0.1) is 0 Å². The second kappa shape index (κ2) is 4.72. The second-order valence-corrected chi connectivity index (χ2v) is 3.95. The fourth-order valence-corrected chi connectivity index (χ4v) is 1.98. The third-order valence-corrected chi connectivity index (χ3v) is 2.78. The first-order valence-electron chi connectivity index (χ1n) is 5.26. The third-order valence-electron chi connectivity index (χ3n) is 2.78. The predicted molar refractivity (Wildman–Crippen MR) is 59.3 cm³/mol. The molecule has 0 aliphatic heterocycles. The van der Waals surface area contributed by atoms with Crippen LogP contribution in [0.2, 0.25) is 0 Å². The predicted octanol–water partition coefficient (Wildman–Crippen LogP) is 3.13. The van der Waals surface area contributed by atoms with E-state index in [9.17, 15) is 18.0 Å². The van der Waals surface area contributed by atoms with Crippen molar-refractivity contribution in [1.29, 1.82) is 0 Å². The van der Waals surface area contributed by atoms with Crippen molar-refractivity contribution >= 4 is 16.9 Å². The molecule has 0 spiro atoms. The minimum absolute atomic E-state index is 0.000463. The Balaban J connectivity index is 2.54. The molecule has 2 aromatic rings. The van der Waals surface area contributed by atoms with Crippen LogP contribution in [0.4, 0.5) is 13.2 Å². The zero-order valence-corrected chi connectivity index (χ0v) is 9.16. The smallest absolute Gasteiger partial charge is 0.304 e. The van der Waals surface area contributed by atoms with Gasteiger partial charge in [0.2, 0.25) is 6.43 Å². The van der Waals surface area contributed by atoms with Gasteiger partial charge in [0.1, 0.15) is 5.82 Å². The van der Waals surface area contributed by atoms with Gasteiger partial charge in [-0.05, 0) is 17.7 Å². The highest BCUT2D eigenvalue weighted by Gasteiger charge is 2.28. The topological polar surface area (TPSA) is 53.1 Å². The molecule has 6 heteroatoms. The maximum absolute atomic E-state index is 13.6. The Bertz CT molecular complexity index is 580. The van der Waals surface area contributed by atoms with E-state index in [2.05, 4.69) is 4.98 Å². The molecule has 0 aliphatic rings. The number of rotatable bonds is 4. The Kier molecular flexibility index (Phi) is 3.27. The van der Waals surface area contributed by atoms with Gasteiger partial charge in [0, 0.05) is 17.1 Å². The Labute approximate surface area is 100 Å². The van der Waals surface area contributed by atoms with Crippen LogP contribution >= 0.6 is 0 Å². The Morgan fingerprint density at radius 3 is 2.72 bits per heavy atom. The number of alkyl halides is 2. The molecule has 0 saturated carbocycles. The number of fused-ring (bicyclic) bond motifs is 1. The summed E-state index contributed by atoms with van der Waals surface area (Å²) in [5.41, 5.74) is 0.376. The molecule has 1 unspecified atom stereocenters. The molecule has 1 aromatic heterocycles. The molecule has 2 rings (SSSR count). The van der Waals surface area contributed by atoms with Crippen LogP contribution < -0.4 is 0 Å². The van der Waals surface area contributed by atoms with Gasteiger partial charge in [0.15, 0.2) is 0 Å². The second-order valence-electron chi connectivity index (χ2n) is 3.95. The van der Waals surface area contributed by atoms with Crippen molar-refractivity contribution in [1.82, 2.24) is 4.98 Å². The molecule has 1 aromatic carbocycles. The molecule has 0 fully saturated rings. The van der Waals surface area contributed by atoms with Crippen LogP contribution in [-0.4, -0.2) is 22.5 Å². The minimum Gasteiger partial charge on any atom is -0.481 e. The van der Waals surface area contributed by atoms with Crippen LogP contribution in [0.5, 0.6) is 0 Å². The van der Waals surface area contributed by atoms with Gasteiger partial charge in [0.25, 0.3) is 0 Å². The summed E-state index contributed by atoms with van der Waals surface area (Å²) in [6.45, 7) is 0. The van der Waals surface area contributed by atoms with Crippen molar-refractivity contribution in [3.63, 3.8) is 0 Å². The van der Waals surface area contributed by atoms with Crippen LogP contribution in [0.1, 0.15) is 17.9 Å². The van der Waals surface area contributed by atoms with Gasteiger partial charge in [-0.3, -0.25) is 4.79 Å². The van der Waals surface area contributed by atoms with E-state index in [1.807, 2.05) is 0 Å². The number of carboxylic acids is 1. The van der Waals surface area contributed by atoms with E-state index < -0.39 is 30.6 Å². The van der Waals surface area contributed by atoms with E-state index in [1.165, 1.54) is 12.3 Å². The fraction of sp³-hybridized carbons (Fsp3) is 0.250. The van der Waals surface area contributed by atoms with Crippen LogP contribution in [-0.2, 0) is 4.79 Å². The number of H-pyrrole nitrogens is 1. The molecule has 2 N–H and O–H groups in total. The van der Waals surface area contributed by atoms with Gasteiger partial charge in [-0.2, -0.15) is 0 Å². The molecule has 1 atom stereocenters. The molecular weight excluding hydrogens is 247 g/mol. The van der Waals surface area contributed by atoms with Crippen LogP contribution in [0.15, 0.2) is 24.4 Å². The van der Waals surface area contributed by atoms with Gasteiger partial charge in [0.05, 0.1) is 12.3 Å². The maximum Gasteiger partial charge on any atom is 0.304 e. The van der Waals surface area contributed by atoms with Crippen molar-refractivity contribution < 1.29 is 23.1 Å². The normalized spacial score (nSPS) is 13.1. The van der Waals surface area contributed by atoms with Crippen molar-refractivity contribution in [3.05, 3.63) is 35.8 Å². The SMILES string of the molecule is O=C(O)CC(c1c[nH]c2cccc(F)c12)C(F)F. The van der Waals surface area contributed by atoms with Crippen molar-refractivity contribution in [2.75, 3.05) is 0 Å². The number of aliphatic carboxylic acids is 1. The molecule has 0 saturated heterocycles. The number of nitrogens with one attached hydrogen (secondary N) is 1. The van der Waals surface area contributed by atoms with Crippen LogP contribution in [0, 0.1) is 5.82 Å². The molecule has 3 nitrogen and oxygen atoms in total. The van der Waals surface area contributed by atoms with Crippen molar-refractivity contribution in [2.24, 2.45) is 0 Å². The molecule has 96 valence electrons. The summed E-state index contributed by atoms with van der Waals surface area (Å²) in [6, 6.07) is 4.15. The first-order valence-corrected chi connectivity index (χ1v) is 5.26. The zero-order valence-electron chi connectivity index (χ0n) is 9.16. The van der Waals surface area contributed by atoms with Gasteiger partial charge in [-0.1, -0.05) is 6.07 Å². The zero-order chi connectivity index (χ0) is 13.3. The first-order chi connectivity index (χ1) is 8.50. The number of aromatic nitrogens is 1. The highest BCUT2D eigenvalue weighted by atomic mass is 19.3. The molecule has 0 radical (unpaired) electrons. The van der Waals surface area contributed by atoms with E-state index in [1.54, 1.807) is 6.07 Å². The van der Waals surface area contributed by atoms with E-state index >= 15 is 0 Å². The lowest BCUT2D eigenvalue weighted by atomic mass is 9.95. The number of benzene rings is 1. The average molecular weight is 257 g/mol. The summed E-state index contributed by atoms with van der Waals surface area (Å²) >= 11 is 0. The quantitative estimate of drug-likeness (QED) is 0.884. The number of halogens is 3. The standard InChI is InChI=1S/C12H10F3NO2/c13-8-2-1-3-9-11(8)7(5-16-9)6(12(14)15)4-10(17)18/h1-3,5-6,12,16H,4H2,(H,17,18). The van der Waals surface area contributed by atoms with E-state index in [4.69, 9.17) is 5.11 Å². The largest absolute Gasteiger partial charge is 0.481 e. The summed E-state index contributed by atoms with van der Waals surface area (Å²) < 4.78 is 39.4. The molecule has 18 heavy (non-hydrogen) atoms. The highest BCUT2D eigenvalue weighted by Crippen LogP contribution is 2.33. The van der Waals surface area contributed by atoms with Gasteiger partial charge >= 0.3 is 5.97 Å². The van der Waals surface area contributed by atoms with Crippen molar-refractivity contribution in [3.8, 4) is 0 Å². The van der Waals surface area contributed by atoms with E-state index in [0.717, 1.165) is 6.07 Å². The van der Waals surface area contributed by atoms with Crippen molar-refractivity contribution in [2.45, 2.75) is 18.8 Å². The molecule has 1 heterocycles. The molecule has 0 amide bonds. The molecule has 0 aliphatic carbocycles. The average Bonchev–Trinajstić information content (AvgIpc) is 2.70. The number of hydrogen-bond acceptors (Lipinski definition) is 1. The maximum atomic E-state index is 13.6. The summed E-state index contributed by atoms with van der Waals surface area (Å²) in [4.78, 5) is 13.3. The minimum atomic E-state index is -2.86. The first kappa shape index (κ1) is 12.5. The number of aromatic amines is 1. The third kappa shape index (κ3) is 2.18. The molecule has 0 bridgehead atoms. The lowest BCUT2D eigenvalue weighted by Gasteiger charge is -2.13. The fourth-order valence-electron chi connectivity index (χ4n) is 1.98. The number of carboxylic acid groups (broad SMARTS) is 1. The van der Waals surface area contributed by atoms with Gasteiger partial charge < -0.3 is 10.1 Å².